The molecule has 4 saturated carbocycles. The minimum absolute atomic E-state index is 0.110. The van der Waals surface area contributed by atoms with Crippen LogP contribution in [-0.2, 0) is 5.41 Å². The molecule has 2 heterocycles. The molecule has 0 amide bonds. The second kappa shape index (κ2) is 10.8. The Morgan fingerprint density at radius 1 is 0.460 bits per heavy atom. The maximum absolute atomic E-state index is 5.24. The van der Waals surface area contributed by atoms with Crippen molar-refractivity contribution in [3.63, 3.8) is 0 Å². The zero-order valence-corrected chi connectivity index (χ0v) is 27.8. The summed E-state index contributed by atoms with van der Waals surface area (Å²) in [6, 6.07) is 43.4. The van der Waals surface area contributed by atoms with Crippen LogP contribution in [0, 0.1) is 23.7 Å². The number of benzene rings is 5. The molecule has 240 valence electrons. The van der Waals surface area contributed by atoms with Gasteiger partial charge in [-0.1, -0.05) is 109 Å². The van der Waals surface area contributed by atoms with Gasteiger partial charge >= 0.3 is 0 Å². The van der Waals surface area contributed by atoms with Crippen molar-refractivity contribution >= 4 is 10.8 Å². The predicted molar refractivity (Wildman–Crippen MR) is 200 cm³/mol. The Labute approximate surface area is 292 Å². The minimum Gasteiger partial charge on any atom is -0.264 e. The maximum Gasteiger partial charge on any atom is 0.164 e. The van der Waals surface area contributed by atoms with E-state index in [9.17, 15) is 0 Å². The molecule has 0 unspecified atom stereocenters. The molecule has 2 aromatic heterocycles. The summed E-state index contributed by atoms with van der Waals surface area (Å²) in [5, 5.41) is 2.30. The summed E-state index contributed by atoms with van der Waals surface area (Å²) in [4.78, 5) is 20.3. The molecule has 5 aliphatic rings. The molecule has 4 bridgehead atoms. The molecule has 0 N–H and O–H groups in total. The lowest BCUT2D eigenvalue weighted by molar-refractivity contribution is -0.0399. The number of hydrogen-bond acceptors (Lipinski definition) is 4. The van der Waals surface area contributed by atoms with Crippen molar-refractivity contribution in [1.82, 2.24) is 19.9 Å². The standard InChI is InChI=1S/C46H36N4/c1-2-7-30(8-3-1)31-13-15-33(16-14-31)43-48-44(50-45(49-43)38-12-6-10-32-9-4-5-11-37(32)38)34-17-18-41-39(26-34)40-27-47-20-19-42(40)46(41)35-22-28-21-29(24-35)25-36(46)23-28/h1-20,26-29,35-36H,21-25H2. The quantitative estimate of drug-likeness (QED) is 0.191. The van der Waals surface area contributed by atoms with E-state index in [4.69, 9.17) is 15.0 Å². The third-order valence-corrected chi connectivity index (χ3v) is 12.6. The molecule has 1 spiro atoms. The van der Waals surface area contributed by atoms with Gasteiger partial charge in [-0.3, -0.25) is 4.98 Å². The van der Waals surface area contributed by atoms with Crippen molar-refractivity contribution in [3.8, 4) is 56.4 Å². The zero-order valence-electron chi connectivity index (χ0n) is 27.8. The van der Waals surface area contributed by atoms with Crippen LogP contribution in [-0.4, -0.2) is 19.9 Å². The molecule has 12 rings (SSSR count). The Kier molecular flexibility index (Phi) is 6.10. The highest BCUT2D eigenvalue weighted by molar-refractivity contribution is 5.95. The number of aromatic nitrogens is 4. The fraction of sp³-hybridized carbons (Fsp3) is 0.217. The van der Waals surface area contributed by atoms with E-state index in [1.807, 2.05) is 6.20 Å². The number of hydrogen-bond donors (Lipinski definition) is 0. The Morgan fingerprint density at radius 2 is 1.08 bits per heavy atom. The molecular weight excluding hydrogens is 609 g/mol. The monoisotopic (exact) mass is 644 g/mol. The second-order valence-electron chi connectivity index (χ2n) is 15.1. The smallest absolute Gasteiger partial charge is 0.164 e. The van der Waals surface area contributed by atoms with E-state index in [-0.39, 0.29) is 5.41 Å². The van der Waals surface area contributed by atoms with Crippen LogP contribution in [0.1, 0.15) is 43.2 Å². The third-order valence-electron chi connectivity index (χ3n) is 12.6. The first-order valence-electron chi connectivity index (χ1n) is 18.2. The van der Waals surface area contributed by atoms with Gasteiger partial charge in [-0.2, -0.15) is 0 Å². The van der Waals surface area contributed by atoms with Crippen LogP contribution in [0.4, 0.5) is 0 Å². The summed E-state index contributed by atoms with van der Waals surface area (Å²) in [7, 11) is 0. The van der Waals surface area contributed by atoms with E-state index in [1.165, 1.54) is 70.9 Å². The van der Waals surface area contributed by atoms with E-state index in [2.05, 4.69) is 133 Å². The first-order valence-corrected chi connectivity index (χ1v) is 18.2. The van der Waals surface area contributed by atoms with Crippen LogP contribution in [0.5, 0.6) is 0 Å². The van der Waals surface area contributed by atoms with E-state index in [1.54, 1.807) is 0 Å². The van der Waals surface area contributed by atoms with E-state index in [0.29, 0.717) is 29.3 Å². The van der Waals surface area contributed by atoms with Crippen molar-refractivity contribution < 1.29 is 0 Å². The number of rotatable bonds is 4. The molecule has 0 saturated heterocycles. The first-order chi connectivity index (χ1) is 24.7. The number of fused-ring (bicyclic) bond motifs is 4. The molecule has 5 aliphatic carbocycles. The predicted octanol–water partition coefficient (Wildman–Crippen LogP) is 10.8. The molecule has 7 aromatic rings. The topological polar surface area (TPSA) is 51.6 Å². The van der Waals surface area contributed by atoms with Crippen molar-refractivity contribution in [2.75, 3.05) is 0 Å². The number of nitrogens with zero attached hydrogens (tertiary/aromatic N) is 4. The van der Waals surface area contributed by atoms with Gasteiger partial charge < -0.3 is 0 Å². The van der Waals surface area contributed by atoms with Crippen LogP contribution in [0.3, 0.4) is 0 Å². The highest BCUT2D eigenvalue weighted by Crippen LogP contribution is 2.69. The van der Waals surface area contributed by atoms with Crippen molar-refractivity contribution in [2.24, 2.45) is 23.7 Å². The molecule has 50 heavy (non-hydrogen) atoms. The van der Waals surface area contributed by atoms with Gasteiger partial charge in [-0.25, -0.2) is 15.0 Å². The zero-order chi connectivity index (χ0) is 32.8. The molecule has 0 atom stereocenters. The molecule has 4 nitrogen and oxygen atoms in total. The molecular formula is C46H36N4. The van der Waals surface area contributed by atoms with Gasteiger partial charge in [0, 0.05) is 40.1 Å². The van der Waals surface area contributed by atoms with E-state index >= 15 is 0 Å². The average Bonchev–Trinajstić information content (AvgIpc) is 3.47. The van der Waals surface area contributed by atoms with Crippen LogP contribution < -0.4 is 0 Å². The highest BCUT2D eigenvalue weighted by atomic mass is 15.0. The van der Waals surface area contributed by atoms with Crippen LogP contribution in [0.2, 0.25) is 0 Å². The van der Waals surface area contributed by atoms with Gasteiger partial charge in [-0.05, 0) is 106 Å². The van der Waals surface area contributed by atoms with Crippen LogP contribution >= 0.6 is 0 Å². The number of pyridine rings is 1. The summed E-state index contributed by atoms with van der Waals surface area (Å²) in [5.41, 5.74) is 11.1. The van der Waals surface area contributed by atoms with Gasteiger partial charge in [0.05, 0.1) is 0 Å². The molecule has 4 fully saturated rings. The van der Waals surface area contributed by atoms with Gasteiger partial charge in [-0.15, -0.1) is 0 Å². The van der Waals surface area contributed by atoms with E-state index in [0.717, 1.165) is 33.9 Å². The molecule has 0 radical (unpaired) electrons. The Balaban J connectivity index is 1.08. The Morgan fingerprint density at radius 3 is 1.88 bits per heavy atom. The summed E-state index contributed by atoms with van der Waals surface area (Å²) in [6.07, 6.45) is 11.1. The summed E-state index contributed by atoms with van der Waals surface area (Å²) >= 11 is 0. The van der Waals surface area contributed by atoms with Crippen molar-refractivity contribution in [2.45, 2.75) is 37.5 Å². The van der Waals surface area contributed by atoms with E-state index < -0.39 is 0 Å². The van der Waals surface area contributed by atoms with Crippen LogP contribution in [0.25, 0.3) is 67.2 Å². The molecule has 0 aliphatic heterocycles. The lowest BCUT2D eigenvalue weighted by atomic mass is 9.43. The van der Waals surface area contributed by atoms with Gasteiger partial charge in [0.25, 0.3) is 0 Å². The van der Waals surface area contributed by atoms with Gasteiger partial charge in [0.2, 0.25) is 0 Å². The third kappa shape index (κ3) is 4.11. The minimum atomic E-state index is 0.110. The van der Waals surface area contributed by atoms with Gasteiger partial charge in [0.15, 0.2) is 17.5 Å². The molecule has 4 heteroatoms. The fourth-order valence-electron chi connectivity index (χ4n) is 10.8. The highest BCUT2D eigenvalue weighted by Gasteiger charge is 2.61. The van der Waals surface area contributed by atoms with Crippen LogP contribution in [0.15, 0.2) is 134 Å². The fourth-order valence-corrected chi connectivity index (χ4v) is 10.8. The molecule has 5 aromatic carbocycles. The summed E-state index contributed by atoms with van der Waals surface area (Å²) in [5.74, 6) is 5.32. The Hall–Kier alpha value is -5.48. The van der Waals surface area contributed by atoms with Gasteiger partial charge in [0.1, 0.15) is 0 Å². The largest absolute Gasteiger partial charge is 0.264 e. The normalized spacial score (nSPS) is 24.1. The SMILES string of the molecule is c1ccc(-c2ccc(-c3nc(-c4ccc5c(c4)-c4cnccc4C54C5CC6CC(C5)CC4C6)nc(-c4cccc5ccccc45)n3)cc2)cc1. The Bertz CT molecular complexity index is 2420. The summed E-state index contributed by atoms with van der Waals surface area (Å²) < 4.78 is 0. The average molecular weight is 645 g/mol. The summed E-state index contributed by atoms with van der Waals surface area (Å²) in [6.45, 7) is 0. The second-order valence-corrected chi connectivity index (χ2v) is 15.1. The maximum atomic E-state index is 5.24. The lowest BCUT2D eigenvalue weighted by Gasteiger charge is -2.61. The van der Waals surface area contributed by atoms with Crippen molar-refractivity contribution in [1.29, 1.82) is 0 Å². The first kappa shape index (κ1) is 28.4. The van der Waals surface area contributed by atoms with Crippen molar-refractivity contribution in [3.05, 3.63) is 145 Å². The lowest BCUT2D eigenvalue weighted by Crippen LogP contribution is -2.55.